The first-order valence-electron chi connectivity index (χ1n) is 7.30. The molecule has 0 saturated heterocycles. The van der Waals surface area contributed by atoms with Crippen molar-refractivity contribution in [3.63, 3.8) is 0 Å². The van der Waals surface area contributed by atoms with Gasteiger partial charge in [-0.1, -0.05) is 66.7 Å². The van der Waals surface area contributed by atoms with Crippen molar-refractivity contribution in [2.75, 3.05) is 11.4 Å². The Morgan fingerprint density at radius 3 is 1.50 bits per heavy atom. The van der Waals surface area contributed by atoms with Crippen molar-refractivity contribution in [1.29, 1.82) is 0 Å². The van der Waals surface area contributed by atoms with E-state index in [-0.39, 0.29) is 5.78 Å². The van der Waals surface area contributed by atoms with Crippen molar-refractivity contribution < 1.29 is 4.79 Å². The number of para-hydroxylation sites is 2. The maximum absolute atomic E-state index is 12.6. The molecule has 0 aliphatic carbocycles. The van der Waals surface area contributed by atoms with Gasteiger partial charge in [-0.05, 0) is 24.3 Å². The molecule has 3 aromatic carbocycles. The summed E-state index contributed by atoms with van der Waals surface area (Å²) in [4.78, 5) is 14.6. The van der Waals surface area contributed by atoms with Crippen LogP contribution in [0.1, 0.15) is 10.4 Å². The van der Waals surface area contributed by atoms with Crippen molar-refractivity contribution in [2.45, 2.75) is 0 Å². The number of nitrogens with zero attached hydrogens (tertiary/aromatic N) is 1. The molecule has 0 bridgehead atoms. The van der Waals surface area contributed by atoms with Crippen LogP contribution in [-0.2, 0) is 0 Å². The summed E-state index contributed by atoms with van der Waals surface area (Å²) in [5, 5.41) is 0. The molecule has 0 radical (unpaired) electrons. The Morgan fingerprint density at radius 2 is 1.05 bits per heavy atom. The molecule has 0 heterocycles. The quantitative estimate of drug-likeness (QED) is 0.633. The van der Waals surface area contributed by atoms with Crippen LogP contribution in [0.2, 0.25) is 0 Å². The zero-order chi connectivity index (χ0) is 15.2. The minimum Gasteiger partial charge on any atom is -0.334 e. The summed E-state index contributed by atoms with van der Waals surface area (Å²) in [6.07, 6.45) is 0. The Labute approximate surface area is 130 Å². The molecule has 0 amide bonds. The molecule has 0 aromatic heterocycles. The van der Waals surface area contributed by atoms with E-state index in [1.165, 1.54) is 0 Å². The molecule has 2 nitrogen and oxygen atoms in total. The lowest BCUT2D eigenvalue weighted by Gasteiger charge is -2.24. The van der Waals surface area contributed by atoms with Crippen molar-refractivity contribution in [1.82, 2.24) is 0 Å². The predicted molar refractivity (Wildman–Crippen MR) is 90.7 cm³/mol. The van der Waals surface area contributed by atoms with Gasteiger partial charge in [0, 0.05) is 16.9 Å². The third kappa shape index (κ3) is 3.23. The third-order valence-corrected chi connectivity index (χ3v) is 3.53. The van der Waals surface area contributed by atoms with Gasteiger partial charge in [0.15, 0.2) is 5.78 Å². The zero-order valence-corrected chi connectivity index (χ0v) is 12.2. The van der Waals surface area contributed by atoms with E-state index in [0.29, 0.717) is 6.54 Å². The number of ketones is 1. The summed E-state index contributed by atoms with van der Waals surface area (Å²) >= 11 is 0. The fourth-order valence-corrected chi connectivity index (χ4v) is 2.41. The highest BCUT2D eigenvalue weighted by molar-refractivity contribution is 6.00. The highest BCUT2D eigenvalue weighted by Crippen LogP contribution is 2.25. The van der Waals surface area contributed by atoms with Crippen LogP contribution in [-0.4, -0.2) is 12.3 Å². The molecule has 22 heavy (non-hydrogen) atoms. The molecule has 0 aliphatic heterocycles. The SMILES string of the molecule is O=C(CN(c1ccccc1)c1ccccc1)c1ccccc1. The maximum atomic E-state index is 12.6. The third-order valence-electron chi connectivity index (χ3n) is 3.53. The number of benzene rings is 3. The first-order valence-corrected chi connectivity index (χ1v) is 7.30. The summed E-state index contributed by atoms with van der Waals surface area (Å²) in [7, 11) is 0. The largest absolute Gasteiger partial charge is 0.334 e. The highest BCUT2D eigenvalue weighted by Gasteiger charge is 2.14. The Morgan fingerprint density at radius 1 is 0.636 bits per heavy atom. The van der Waals surface area contributed by atoms with Crippen LogP contribution in [0.25, 0.3) is 0 Å². The van der Waals surface area contributed by atoms with Crippen LogP contribution >= 0.6 is 0 Å². The Bertz CT molecular complexity index is 684. The topological polar surface area (TPSA) is 20.3 Å². The number of carbonyl (C=O) groups is 1. The van der Waals surface area contributed by atoms with E-state index >= 15 is 0 Å². The lowest BCUT2D eigenvalue weighted by molar-refractivity contribution is 0.100. The van der Waals surface area contributed by atoms with E-state index in [9.17, 15) is 4.79 Å². The first kappa shape index (κ1) is 14.1. The lowest BCUT2D eigenvalue weighted by Crippen LogP contribution is -2.25. The van der Waals surface area contributed by atoms with Crippen molar-refractivity contribution in [3.8, 4) is 0 Å². The van der Waals surface area contributed by atoms with Gasteiger partial charge in [-0.15, -0.1) is 0 Å². The number of rotatable bonds is 5. The molecular formula is C20H17NO. The van der Waals surface area contributed by atoms with Crippen molar-refractivity contribution in [2.24, 2.45) is 0 Å². The van der Waals surface area contributed by atoms with E-state index in [0.717, 1.165) is 16.9 Å². The van der Waals surface area contributed by atoms with Gasteiger partial charge in [-0.25, -0.2) is 0 Å². The summed E-state index contributed by atoms with van der Waals surface area (Å²) in [5.74, 6) is 0.105. The molecule has 108 valence electrons. The van der Waals surface area contributed by atoms with Gasteiger partial charge >= 0.3 is 0 Å². The van der Waals surface area contributed by atoms with Gasteiger partial charge in [0.25, 0.3) is 0 Å². The smallest absolute Gasteiger partial charge is 0.182 e. The molecule has 2 heteroatoms. The summed E-state index contributed by atoms with van der Waals surface area (Å²) in [6, 6.07) is 29.4. The average molecular weight is 287 g/mol. The van der Waals surface area contributed by atoms with Gasteiger partial charge < -0.3 is 4.90 Å². The van der Waals surface area contributed by atoms with Crippen molar-refractivity contribution in [3.05, 3.63) is 96.6 Å². The standard InChI is InChI=1S/C20H17NO/c22-20(17-10-4-1-5-11-17)16-21(18-12-6-2-7-13-18)19-14-8-3-9-15-19/h1-15H,16H2. The van der Waals surface area contributed by atoms with Crippen LogP contribution in [0.3, 0.4) is 0 Å². The maximum Gasteiger partial charge on any atom is 0.182 e. The Kier molecular flexibility index (Phi) is 4.30. The summed E-state index contributed by atoms with van der Waals surface area (Å²) < 4.78 is 0. The highest BCUT2D eigenvalue weighted by atomic mass is 16.1. The molecule has 0 unspecified atom stereocenters. The van der Waals surface area contributed by atoms with Crippen LogP contribution in [0.5, 0.6) is 0 Å². The molecule has 0 atom stereocenters. The number of hydrogen-bond acceptors (Lipinski definition) is 2. The molecule has 3 aromatic rings. The fraction of sp³-hybridized carbons (Fsp3) is 0.0500. The van der Waals surface area contributed by atoms with E-state index in [1.54, 1.807) is 0 Å². The Hall–Kier alpha value is -2.87. The number of Topliss-reactive ketones (excluding diaryl/α,β-unsaturated/α-hetero) is 1. The van der Waals surface area contributed by atoms with Gasteiger partial charge in [0.2, 0.25) is 0 Å². The van der Waals surface area contributed by atoms with Crippen LogP contribution in [0.15, 0.2) is 91.0 Å². The second-order valence-electron chi connectivity index (χ2n) is 5.05. The second-order valence-corrected chi connectivity index (χ2v) is 5.05. The van der Waals surface area contributed by atoms with Gasteiger partial charge in [0.1, 0.15) is 0 Å². The monoisotopic (exact) mass is 287 g/mol. The van der Waals surface area contributed by atoms with E-state index in [4.69, 9.17) is 0 Å². The number of carbonyl (C=O) groups excluding carboxylic acids is 1. The molecule has 0 saturated carbocycles. The normalized spacial score (nSPS) is 10.2. The van der Waals surface area contributed by atoms with Crippen LogP contribution in [0, 0.1) is 0 Å². The molecule has 0 fully saturated rings. The van der Waals surface area contributed by atoms with E-state index < -0.39 is 0 Å². The van der Waals surface area contributed by atoms with Crippen LogP contribution < -0.4 is 4.90 Å². The molecule has 0 N–H and O–H groups in total. The first-order chi connectivity index (χ1) is 10.8. The van der Waals surface area contributed by atoms with Gasteiger partial charge in [0.05, 0.1) is 6.54 Å². The fourth-order valence-electron chi connectivity index (χ4n) is 2.41. The molecule has 3 rings (SSSR count). The zero-order valence-electron chi connectivity index (χ0n) is 12.2. The number of anilines is 2. The summed E-state index contributed by atoms with van der Waals surface area (Å²) in [6.45, 7) is 0.317. The number of hydrogen-bond donors (Lipinski definition) is 0. The van der Waals surface area contributed by atoms with Gasteiger partial charge in [-0.3, -0.25) is 4.79 Å². The molecular weight excluding hydrogens is 270 g/mol. The second kappa shape index (κ2) is 6.72. The predicted octanol–water partition coefficient (Wildman–Crippen LogP) is 4.71. The van der Waals surface area contributed by atoms with Crippen LogP contribution in [0.4, 0.5) is 11.4 Å². The van der Waals surface area contributed by atoms with Gasteiger partial charge in [-0.2, -0.15) is 0 Å². The minimum atomic E-state index is 0.105. The summed E-state index contributed by atoms with van der Waals surface area (Å²) in [5.41, 5.74) is 2.76. The molecule has 0 spiro atoms. The average Bonchev–Trinajstić information content (AvgIpc) is 2.62. The van der Waals surface area contributed by atoms with Crippen molar-refractivity contribution >= 4 is 17.2 Å². The Balaban J connectivity index is 1.91. The minimum absolute atomic E-state index is 0.105. The lowest BCUT2D eigenvalue weighted by atomic mass is 10.1. The van der Waals surface area contributed by atoms with E-state index in [2.05, 4.69) is 0 Å². The molecule has 0 aliphatic rings. The van der Waals surface area contributed by atoms with E-state index in [1.807, 2.05) is 95.9 Å².